The van der Waals surface area contributed by atoms with E-state index in [0.29, 0.717) is 18.8 Å². The van der Waals surface area contributed by atoms with E-state index >= 15 is 0 Å². The number of phenols is 1. The van der Waals surface area contributed by atoms with Gasteiger partial charge in [-0.1, -0.05) is 26.0 Å². The van der Waals surface area contributed by atoms with Crippen LogP contribution in [-0.4, -0.2) is 65.6 Å². The molecule has 0 spiro atoms. The second-order valence-electron chi connectivity index (χ2n) is 10.5. The molecule has 0 saturated carbocycles. The number of carbonyl (C=O) groups excluding carboxylic acids is 2. The molecule has 0 aliphatic carbocycles. The smallest absolute Gasteiger partial charge is 0.257 e. The van der Waals surface area contributed by atoms with Crippen LogP contribution in [0.1, 0.15) is 55.1 Å². The van der Waals surface area contributed by atoms with Crippen LogP contribution in [0.15, 0.2) is 36.4 Å². The summed E-state index contributed by atoms with van der Waals surface area (Å²) in [4.78, 5) is 26.3. The molecule has 1 fully saturated rings. The molecule has 1 saturated heterocycles. The van der Waals surface area contributed by atoms with Gasteiger partial charge in [0.1, 0.15) is 17.6 Å². The molecule has 2 aliphatic rings. The SMILES string of the molecule is COc1ccc(C2(O)c3c(ccc(C(=O)C(O)C4(C)CCC(C)(C)CO4)c3O)NC(=O)C2OC)cc1. The topological polar surface area (TPSA) is 135 Å². The summed E-state index contributed by atoms with van der Waals surface area (Å²) in [5.74, 6) is -1.40. The summed E-state index contributed by atoms with van der Waals surface area (Å²) in [5.41, 5.74) is -3.28. The molecular weight excluding hydrogens is 466 g/mol. The van der Waals surface area contributed by atoms with Gasteiger partial charge in [0.2, 0.25) is 0 Å². The summed E-state index contributed by atoms with van der Waals surface area (Å²) in [5, 5.41) is 37.0. The molecule has 36 heavy (non-hydrogen) atoms. The number of Topliss-reactive ketones (excluding diaryl/α,β-unsaturated/α-hetero) is 1. The first-order chi connectivity index (χ1) is 16.9. The number of hydrogen-bond acceptors (Lipinski definition) is 8. The van der Waals surface area contributed by atoms with Crippen molar-refractivity contribution >= 4 is 17.4 Å². The Hall–Kier alpha value is -2.98. The fourth-order valence-corrected chi connectivity index (χ4v) is 4.95. The maximum Gasteiger partial charge on any atom is 0.257 e. The van der Waals surface area contributed by atoms with Gasteiger partial charge >= 0.3 is 0 Å². The van der Waals surface area contributed by atoms with Crippen molar-refractivity contribution in [3.05, 3.63) is 53.1 Å². The van der Waals surface area contributed by atoms with E-state index in [2.05, 4.69) is 19.2 Å². The molecule has 4 atom stereocenters. The average Bonchev–Trinajstić information content (AvgIpc) is 2.85. The molecule has 2 aromatic rings. The van der Waals surface area contributed by atoms with Crippen molar-refractivity contribution in [3.63, 3.8) is 0 Å². The van der Waals surface area contributed by atoms with Gasteiger partial charge in [0.25, 0.3) is 5.91 Å². The third kappa shape index (κ3) is 4.16. The fourth-order valence-electron chi connectivity index (χ4n) is 4.95. The number of carbonyl (C=O) groups is 2. The number of amides is 1. The number of methoxy groups -OCH3 is 2. The third-order valence-corrected chi connectivity index (χ3v) is 7.38. The summed E-state index contributed by atoms with van der Waals surface area (Å²) in [6, 6.07) is 9.04. The first-order valence-corrected chi connectivity index (χ1v) is 11.8. The summed E-state index contributed by atoms with van der Waals surface area (Å²) < 4.78 is 16.5. The van der Waals surface area contributed by atoms with Crippen molar-refractivity contribution in [2.45, 2.75) is 57.0 Å². The lowest BCUT2D eigenvalue weighted by molar-refractivity contribution is -0.155. The van der Waals surface area contributed by atoms with E-state index in [1.807, 2.05) is 0 Å². The van der Waals surface area contributed by atoms with Crippen LogP contribution in [0, 0.1) is 5.41 Å². The molecule has 2 aliphatic heterocycles. The zero-order valence-electron chi connectivity index (χ0n) is 21.1. The van der Waals surface area contributed by atoms with Crippen LogP contribution in [0.2, 0.25) is 0 Å². The van der Waals surface area contributed by atoms with Crippen LogP contribution in [0.25, 0.3) is 0 Å². The van der Waals surface area contributed by atoms with Gasteiger partial charge in [-0.3, -0.25) is 9.59 Å². The number of hydrogen-bond donors (Lipinski definition) is 4. The molecule has 4 unspecified atom stereocenters. The molecule has 2 heterocycles. The average molecular weight is 500 g/mol. The van der Waals surface area contributed by atoms with E-state index in [-0.39, 0.29) is 27.8 Å². The van der Waals surface area contributed by atoms with Gasteiger partial charge in [-0.05, 0) is 55.0 Å². The number of anilines is 1. The Morgan fingerprint density at radius 3 is 2.33 bits per heavy atom. The zero-order valence-corrected chi connectivity index (χ0v) is 21.1. The van der Waals surface area contributed by atoms with E-state index < -0.39 is 40.8 Å². The Morgan fingerprint density at radius 1 is 1.11 bits per heavy atom. The number of phenolic OH excluding ortho intramolecular Hbond substituents is 1. The maximum absolute atomic E-state index is 13.5. The monoisotopic (exact) mass is 499 g/mol. The summed E-state index contributed by atoms with van der Waals surface area (Å²) in [7, 11) is 2.76. The van der Waals surface area contributed by atoms with Crippen molar-refractivity contribution in [2.24, 2.45) is 5.41 Å². The first kappa shape index (κ1) is 26.1. The zero-order chi connectivity index (χ0) is 26.5. The minimum Gasteiger partial charge on any atom is -0.507 e. The Balaban J connectivity index is 1.80. The lowest BCUT2D eigenvalue weighted by atomic mass is 9.75. The number of fused-ring (bicyclic) bond motifs is 1. The molecule has 9 nitrogen and oxygen atoms in total. The van der Waals surface area contributed by atoms with Gasteiger partial charge in [-0.25, -0.2) is 0 Å². The van der Waals surface area contributed by atoms with Gasteiger partial charge in [0.15, 0.2) is 17.5 Å². The van der Waals surface area contributed by atoms with Gasteiger partial charge < -0.3 is 34.8 Å². The van der Waals surface area contributed by atoms with Gasteiger partial charge in [0, 0.05) is 7.11 Å². The summed E-state index contributed by atoms with van der Waals surface area (Å²) in [6.45, 7) is 6.16. The lowest BCUT2D eigenvalue weighted by Crippen LogP contribution is -2.53. The van der Waals surface area contributed by atoms with Crippen LogP contribution in [0.5, 0.6) is 11.5 Å². The molecule has 194 valence electrons. The van der Waals surface area contributed by atoms with Crippen molar-refractivity contribution in [3.8, 4) is 11.5 Å². The number of ether oxygens (including phenoxy) is 3. The number of nitrogens with one attached hydrogen (secondary N) is 1. The molecule has 4 N–H and O–H groups in total. The van der Waals surface area contributed by atoms with Crippen molar-refractivity contribution in [2.75, 3.05) is 26.1 Å². The number of aliphatic hydroxyl groups is 2. The van der Waals surface area contributed by atoms with Crippen LogP contribution in [0.4, 0.5) is 5.69 Å². The molecular formula is C27H33NO8. The van der Waals surface area contributed by atoms with Crippen molar-refractivity contribution < 1.29 is 39.1 Å². The Kier molecular flexibility index (Phi) is 6.63. The van der Waals surface area contributed by atoms with E-state index in [1.165, 1.54) is 26.4 Å². The predicted molar refractivity (Wildman–Crippen MR) is 131 cm³/mol. The highest BCUT2D eigenvalue weighted by Crippen LogP contribution is 2.48. The lowest BCUT2D eigenvalue weighted by Gasteiger charge is -2.43. The number of rotatable bonds is 6. The Bertz CT molecular complexity index is 1170. The van der Waals surface area contributed by atoms with Crippen LogP contribution in [-0.2, 0) is 19.9 Å². The minimum absolute atomic E-state index is 0.0710. The van der Waals surface area contributed by atoms with Crippen LogP contribution >= 0.6 is 0 Å². The maximum atomic E-state index is 13.5. The minimum atomic E-state index is -2.14. The Morgan fingerprint density at radius 2 is 1.78 bits per heavy atom. The van der Waals surface area contributed by atoms with E-state index in [4.69, 9.17) is 14.2 Å². The highest BCUT2D eigenvalue weighted by Gasteiger charge is 2.53. The van der Waals surface area contributed by atoms with Crippen LogP contribution in [0.3, 0.4) is 0 Å². The number of benzene rings is 2. The van der Waals surface area contributed by atoms with Crippen molar-refractivity contribution in [1.82, 2.24) is 0 Å². The summed E-state index contributed by atoms with van der Waals surface area (Å²) >= 11 is 0. The number of aliphatic hydroxyl groups excluding tert-OH is 1. The highest BCUT2D eigenvalue weighted by molar-refractivity contribution is 6.06. The second kappa shape index (κ2) is 9.15. The fraction of sp³-hybridized carbons (Fsp3) is 0.481. The second-order valence-corrected chi connectivity index (χ2v) is 10.5. The molecule has 1 amide bonds. The first-order valence-electron chi connectivity index (χ1n) is 11.8. The molecule has 4 rings (SSSR count). The van der Waals surface area contributed by atoms with Gasteiger partial charge in [-0.2, -0.15) is 0 Å². The standard InChI is InChI=1S/C27H33NO8/c1-25(2)12-13-26(3,36-14-25)22(31)21(30)17-10-11-18-19(20(17)29)27(33,23(35-5)24(32)28-18)15-6-8-16(34-4)9-7-15/h6-11,22-23,29,31,33H,12-14H2,1-5H3,(H,28,32). The van der Waals surface area contributed by atoms with Gasteiger partial charge in [-0.15, -0.1) is 0 Å². The van der Waals surface area contributed by atoms with Crippen LogP contribution < -0.4 is 10.1 Å². The number of aromatic hydroxyl groups is 1. The summed E-state index contributed by atoms with van der Waals surface area (Å²) in [6.07, 6.45) is -1.78. The molecule has 0 bridgehead atoms. The predicted octanol–water partition coefficient (Wildman–Crippen LogP) is 2.74. The van der Waals surface area contributed by atoms with E-state index in [0.717, 1.165) is 6.42 Å². The Labute approximate surface area is 210 Å². The third-order valence-electron chi connectivity index (χ3n) is 7.38. The number of ketones is 1. The van der Waals surface area contributed by atoms with Crippen molar-refractivity contribution in [1.29, 1.82) is 0 Å². The highest BCUT2D eigenvalue weighted by atomic mass is 16.5. The quantitative estimate of drug-likeness (QED) is 0.446. The molecule has 2 aromatic carbocycles. The molecule has 0 radical (unpaired) electrons. The molecule has 0 aromatic heterocycles. The van der Waals surface area contributed by atoms with E-state index in [9.17, 15) is 24.9 Å². The van der Waals surface area contributed by atoms with Gasteiger partial charge in [0.05, 0.1) is 36.1 Å². The molecule has 9 heteroatoms. The normalized spacial score (nSPS) is 28.1. The largest absolute Gasteiger partial charge is 0.507 e. The van der Waals surface area contributed by atoms with E-state index in [1.54, 1.807) is 31.2 Å².